The number of amides is 1. The molecule has 1 heterocycles. The summed E-state index contributed by atoms with van der Waals surface area (Å²) in [5.41, 5.74) is 4.10. The fourth-order valence-corrected chi connectivity index (χ4v) is 6.08. The van der Waals surface area contributed by atoms with Crippen molar-refractivity contribution in [3.63, 3.8) is 0 Å². The van der Waals surface area contributed by atoms with Crippen molar-refractivity contribution in [2.24, 2.45) is 0 Å². The van der Waals surface area contributed by atoms with Crippen LogP contribution in [0.25, 0.3) is 0 Å². The number of benzene rings is 2. The molecule has 0 bridgehead atoms. The summed E-state index contributed by atoms with van der Waals surface area (Å²) in [5.74, 6) is 1.85. The van der Waals surface area contributed by atoms with E-state index in [2.05, 4.69) is 73.8 Å². The molecule has 0 fully saturated rings. The lowest BCUT2D eigenvalue weighted by Crippen LogP contribution is -2.19. The van der Waals surface area contributed by atoms with Gasteiger partial charge in [0.15, 0.2) is 0 Å². The SMILES string of the molecule is CCCCCCCCCCCCCCOc1c(CC(=O)Nc2cccc(CN3C=CSC3)c2)cccc1C(C)(C)C. The molecular weight excluding hydrogens is 524 g/mol. The first kappa shape index (κ1) is 33.1. The molecule has 0 atom stereocenters. The van der Waals surface area contributed by atoms with Gasteiger partial charge in [0.1, 0.15) is 5.75 Å². The van der Waals surface area contributed by atoms with Gasteiger partial charge in [0.05, 0.1) is 18.9 Å². The molecule has 0 unspecified atom stereocenters. The maximum atomic E-state index is 13.1. The van der Waals surface area contributed by atoms with Gasteiger partial charge >= 0.3 is 0 Å². The van der Waals surface area contributed by atoms with E-state index >= 15 is 0 Å². The lowest BCUT2D eigenvalue weighted by atomic mass is 9.84. The molecule has 0 radical (unpaired) electrons. The first-order valence-corrected chi connectivity index (χ1v) is 17.1. The number of nitrogens with one attached hydrogen (secondary N) is 1. The molecule has 226 valence electrons. The smallest absolute Gasteiger partial charge is 0.228 e. The highest BCUT2D eigenvalue weighted by Gasteiger charge is 2.22. The molecular formula is C36H54N2O2S. The number of hydrogen-bond donors (Lipinski definition) is 1. The molecule has 0 spiro atoms. The average molecular weight is 579 g/mol. The van der Waals surface area contributed by atoms with E-state index in [1.54, 1.807) is 11.8 Å². The summed E-state index contributed by atoms with van der Waals surface area (Å²) in [4.78, 5) is 15.4. The Morgan fingerprint density at radius 3 is 2.20 bits per heavy atom. The highest BCUT2D eigenvalue weighted by atomic mass is 32.2. The molecule has 1 N–H and O–H groups in total. The van der Waals surface area contributed by atoms with Crippen LogP contribution in [0, 0.1) is 0 Å². The van der Waals surface area contributed by atoms with Crippen LogP contribution in [0.15, 0.2) is 54.1 Å². The zero-order valence-corrected chi connectivity index (χ0v) is 27.0. The maximum absolute atomic E-state index is 13.1. The van der Waals surface area contributed by atoms with Crippen LogP contribution in [-0.2, 0) is 23.2 Å². The Morgan fingerprint density at radius 1 is 0.902 bits per heavy atom. The van der Waals surface area contributed by atoms with E-state index in [9.17, 15) is 4.79 Å². The second-order valence-corrected chi connectivity index (χ2v) is 13.4. The van der Waals surface area contributed by atoms with Crippen molar-refractivity contribution in [2.75, 3.05) is 17.8 Å². The van der Waals surface area contributed by atoms with Crippen LogP contribution in [0.2, 0.25) is 0 Å². The van der Waals surface area contributed by atoms with Crippen molar-refractivity contribution >= 4 is 23.4 Å². The third-order valence-corrected chi connectivity index (χ3v) is 8.50. The molecule has 4 nitrogen and oxygen atoms in total. The zero-order valence-electron chi connectivity index (χ0n) is 26.2. The fourth-order valence-electron chi connectivity index (χ4n) is 5.37. The van der Waals surface area contributed by atoms with Crippen molar-refractivity contribution in [2.45, 2.75) is 123 Å². The summed E-state index contributed by atoms with van der Waals surface area (Å²) in [6.07, 6.45) is 18.4. The summed E-state index contributed by atoms with van der Waals surface area (Å²) >= 11 is 1.80. The molecule has 1 amide bonds. The van der Waals surface area contributed by atoms with Crippen LogP contribution in [0.3, 0.4) is 0 Å². The van der Waals surface area contributed by atoms with Crippen molar-refractivity contribution < 1.29 is 9.53 Å². The Labute approximate surface area is 254 Å². The van der Waals surface area contributed by atoms with E-state index in [1.165, 1.54) is 81.8 Å². The summed E-state index contributed by atoms with van der Waals surface area (Å²) in [7, 11) is 0. The molecule has 5 heteroatoms. The standard InChI is InChI=1S/C36H54N2O2S/c1-5-6-7-8-9-10-11-12-13-14-15-16-24-40-35-31(20-18-22-33(35)36(2,3)4)27-34(39)37-32-21-17-19-30(26-32)28-38-23-25-41-29-38/h17-23,25-26H,5-16,24,27-29H2,1-4H3,(H,37,39). The van der Waals surface area contributed by atoms with Gasteiger partial charge in [0.2, 0.25) is 5.91 Å². The van der Waals surface area contributed by atoms with Gasteiger partial charge in [-0.05, 0) is 40.5 Å². The average Bonchev–Trinajstić information content (AvgIpc) is 3.44. The predicted octanol–water partition coefficient (Wildman–Crippen LogP) is 10.2. The first-order chi connectivity index (χ1) is 19.9. The number of anilines is 1. The van der Waals surface area contributed by atoms with Crippen molar-refractivity contribution in [1.82, 2.24) is 4.90 Å². The van der Waals surface area contributed by atoms with E-state index in [4.69, 9.17) is 4.74 Å². The zero-order chi connectivity index (χ0) is 29.3. The number of rotatable bonds is 19. The molecule has 1 aliphatic heterocycles. The maximum Gasteiger partial charge on any atom is 0.228 e. The molecule has 2 aromatic carbocycles. The number of unbranched alkanes of at least 4 members (excludes halogenated alkanes) is 11. The topological polar surface area (TPSA) is 41.6 Å². The number of carbonyl (C=O) groups is 1. The molecule has 41 heavy (non-hydrogen) atoms. The molecule has 0 saturated heterocycles. The van der Waals surface area contributed by atoms with Gasteiger partial charge in [-0.15, -0.1) is 11.8 Å². The third kappa shape index (κ3) is 12.6. The lowest BCUT2D eigenvalue weighted by molar-refractivity contribution is -0.115. The predicted molar refractivity (Wildman–Crippen MR) is 178 cm³/mol. The highest BCUT2D eigenvalue weighted by molar-refractivity contribution is 8.02. The lowest BCUT2D eigenvalue weighted by Gasteiger charge is -2.25. The summed E-state index contributed by atoms with van der Waals surface area (Å²) in [6, 6.07) is 14.4. The Balaban J connectivity index is 1.46. The minimum absolute atomic E-state index is 0.0138. The molecule has 3 rings (SSSR count). The van der Waals surface area contributed by atoms with Crippen LogP contribution in [0.1, 0.15) is 121 Å². The third-order valence-electron chi connectivity index (χ3n) is 7.70. The second-order valence-electron chi connectivity index (χ2n) is 12.5. The monoisotopic (exact) mass is 578 g/mol. The number of hydrogen-bond acceptors (Lipinski definition) is 4. The van der Waals surface area contributed by atoms with Crippen LogP contribution >= 0.6 is 11.8 Å². The summed E-state index contributed by atoms with van der Waals surface area (Å²) in [5, 5.41) is 5.24. The van der Waals surface area contributed by atoms with Gasteiger partial charge in [0, 0.05) is 24.0 Å². The van der Waals surface area contributed by atoms with Gasteiger partial charge in [-0.2, -0.15) is 0 Å². The Kier molecular flexibility index (Phi) is 14.7. The van der Waals surface area contributed by atoms with Crippen molar-refractivity contribution in [3.05, 3.63) is 70.8 Å². The molecule has 0 aliphatic carbocycles. The molecule has 0 saturated carbocycles. The molecule has 1 aliphatic rings. The molecule has 0 aromatic heterocycles. The number of ether oxygens (including phenoxy) is 1. The summed E-state index contributed by atoms with van der Waals surface area (Å²) < 4.78 is 6.44. The van der Waals surface area contributed by atoms with Crippen LogP contribution < -0.4 is 10.1 Å². The highest BCUT2D eigenvalue weighted by Crippen LogP contribution is 2.35. The second kappa shape index (κ2) is 18.2. The Morgan fingerprint density at radius 2 is 1.56 bits per heavy atom. The largest absolute Gasteiger partial charge is 0.493 e. The summed E-state index contributed by atoms with van der Waals surface area (Å²) in [6.45, 7) is 10.5. The van der Waals surface area contributed by atoms with Crippen LogP contribution in [0.5, 0.6) is 5.75 Å². The quantitative estimate of drug-likeness (QED) is 0.168. The van der Waals surface area contributed by atoms with Crippen molar-refractivity contribution in [1.29, 1.82) is 0 Å². The van der Waals surface area contributed by atoms with Crippen LogP contribution in [-0.4, -0.2) is 23.3 Å². The van der Waals surface area contributed by atoms with E-state index in [0.717, 1.165) is 35.8 Å². The normalized spacial score (nSPS) is 13.1. The number of thioether (sulfide) groups is 1. The number of para-hydroxylation sites is 1. The Bertz CT molecular complexity index is 1080. The minimum Gasteiger partial charge on any atom is -0.493 e. The van der Waals surface area contributed by atoms with Gasteiger partial charge in [0.25, 0.3) is 0 Å². The minimum atomic E-state index is -0.0605. The number of carbonyl (C=O) groups excluding carboxylic acids is 1. The Hall–Kier alpha value is -2.40. The van der Waals surface area contributed by atoms with Gasteiger partial charge in [-0.25, -0.2) is 0 Å². The fraction of sp³-hybridized carbons (Fsp3) is 0.583. The van der Waals surface area contributed by atoms with Gasteiger partial charge in [-0.3, -0.25) is 4.79 Å². The van der Waals surface area contributed by atoms with Gasteiger partial charge < -0.3 is 15.0 Å². The van der Waals surface area contributed by atoms with E-state index in [0.29, 0.717) is 13.0 Å². The first-order valence-electron chi connectivity index (χ1n) is 16.0. The van der Waals surface area contributed by atoms with Crippen molar-refractivity contribution in [3.8, 4) is 5.75 Å². The van der Waals surface area contributed by atoms with E-state index in [1.807, 2.05) is 18.2 Å². The van der Waals surface area contributed by atoms with Crippen LogP contribution in [0.4, 0.5) is 5.69 Å². The van der Waals surface area contributed by atoms with E-state index < -0.39 is 0 Å². The number of nitrogens with zero attached hydrogens (tertiary/aromatic N) is 1. The van der Waals surface area contributed by atoms with E-state index in [-0.39, 0.29) is 11.3 Å². The van der Waals surface area contributed by atoms with Gasteiger partial charge in [-0.1, -0.05) is 129 Å². The molecule has 2 aromatic rings.